The van der Waals surface area contributed by atoms with E-state index in [1.807, 2.05) is 6.92 Å². The van der Waals surface area contributed by atoms with Crippen LogP contribution in [0.5, 0.6) is 0 Å². The number of nitrogens with two attached hydrogens (primary N) is 2. The van der Waals surface area contributed by atoms with Crippen molar-refractivity contribution in [2.75, 3.05) is 4.43 Å². The summed E-state index contributed by atoms with van der Waals surface area (Å²) in [5.41, 5.74) is 10.4. The zero-order valence-electron chi connectivity index (χ0n) is 4.45. The van der Waals surface area contributed by atoms with Crippen molar-refractivity contribution in [2.45, 2.75) is 12.6 Å². The Kier molecular flexibility index (Phi) is 2.94. The SMILES string of the molecule is C=ICC(C)(N)N. The molecule has 0 atom stereocenters. The quantitative estimate of drug-likeness (QED) is 0.387. The van der Waals surface area contributed by atoms with Crippen molar-refractivity contribution < 1.29 is 0 Å². The van der Waals surface area contributed by atoms with Crippen LogP contribution in [-0.2, 0) is 0 Å². The number of hydrogen-bond donors (Lipinski definition) is 2. The fraction of sp³-hybridized carbons (Fsp3) is 0.750. The molecule has 0 unspecified atom stereocenters. The molecule has 3 heteroatoms. The Labute approximate surface area is 54.0 Å². The Morgan fingerprint density at radius 2 is 2.14 bits per heavy atom. The monoisotopic (exact) mass is 214 g/mol. The summed E-state index contributed by atoms with van der Waals surface area (Å²) < 4.78 is 4.62. The zero-order chi connectivity index (χ0) is 5.91. The molecule has 7 heavy (non-hydrogen) atoms. The minimum absolute atomic E-state index is 0.0176. The highest BCUT2D eigenvalue weighted by atomic mass is 127. The molecule has 0 aromatic carbocycles. The molecule has 0 saturated carbocycles. The summed E-state index contributed by atoms with van der Waals surface area (Å²) in [5, 5.41) is 0. The van der Waals surface area contributed by atoms with Gasteiger partial charge in [0.05, 0.1) is 5.66 Å². The third kappa shape index (κ3) is 6.52. The molecular weight excluding hydrogens is 203 g/mol. The molecule has 0 radical (unpaired) electrons. The predicted octanol–water partition coefficient (Wildman–Crippen LogP) is 0.0227. The van der Waals surface area contributed by atoms with E-state index in [0.717, 1.165) is 4.43 Å². The van der Waals surface area contributed by atoms with Crippen molar-refractivity contribution in [2.24, 2.45) is 11.5 Å². The molecule has 44 valence electrons. The van der Waals surface area contributed by atoms with Crippen molar-refractivity contribution in [3.05, 3.63) is 0 Å². The minimum atomic E-state index is -0.463. The third-order valence-electron chi connectivity index (χ3n) is 0.382. The second-order valence-electron chi connectivity index (χ2n) is 1.83. The maximum Gasteiger partial charge on any atom is 0.0695 e. The number of halogens is 1. The topological polar surface area (TPSA) is 52.0 Å². The van der Waals surface area contributed by atoms with E-state index < -0.39 is 5.66 Å². The van der Waals surface area contributed by atoms with E-state index in [0.29, 0.717) is 0 Å². The van der Waals surface area contributed by atoms with Crippen LogP contribution in [0.25, 0.3) is 0 Å². The highest BCUT2D eigenvalue weighted by molar-refractivity contribution is 14.2. The average Bonchev–Trinajstić information content (AvgIpc) is 1.30. The number of alkyl halides is 1. The van der Waals surface area contributed by atoms with Gasteiger partial charge in [0.15, 0.2) is 0 Å². The molecule has 0 fully saturated rings. The summed E-state index contributed by atoms with van der Waals surface area (Å²) in [7, 11) is 0. The summed E-state index contributed by atoms with van der Waals surface area (Å²) in [5.74, 6) is 0. The van der Waals surface area contributed by atoms with Gasteiger partial charge in [0, 0.05) is 4.43 Å². The zero-order valence-corrected chi connectivity index (χ0v) is 6.60. The Balaban J connectivity index is 3.34. The fourth-order valence-electron chi connectivity index (χ4n) is 0.204. The molecule has 0 aliphatic carbocycles. The largest absolute Gasteiger partial charge is 0.313 e. The minimum Gasteiger partial charge on any atom is -0.313 e. The molecule has 0 bridgehead atoms. The van der Waals surface area contributed by atoms with E-state index in [2.05, 4.69) is 4.51 Å². The van der Waals surface area contributed by atoms with Crippen molar-refractivity contribution in [3.63, 3.8) is 0 Å². The van der Waals surface area contributed by atoms with Gasteiger partial charge in [-0.1, -0.05) is 4.51 Å². The Morgan fingerprint density at radius 3 is 2.14 bits per heavy atom. The highest BCUT2D eigenvalue weighted by Crippen LogP contribution is 1.98. The molecule has 0 saturated heterocycles. The molecule has 4 N–H and O–H groups in total. The van der Waals surface area contributed by atoms with Gasteiger partial charge in [-0.3, -0.25) is 0 Å². The van der Waals surface area contributed by atoms with Gasteiger partial charge in [0.25, 0.3) is 0 Å². The Bertz CT molecular complexity index is 64.6. The Morgan fingerprint density at radius 1 is 1.71 bits per heavy atom. The van der Waals surface area contributed by atoms with Crippen LogP contribution in [-0.4, -0.2) is 14.6 Å². The first kappa shape index (κ1) is 7.52. The van der Waals surface area contributed by atoms with Gasteiger partial charge in [0.2, 0.25) is 0 Å². The van der Waals surface area contributed by atoms with Crippen molar-refractivity contribution >= 4 is 25.2 Å². The van der Waals surface area contributed by atoms with Crippen LogP contribution in [0, 0.1) is 0 Å². The molecule has 2 nitrogen and oxygen atoms in total. The molecule has 0 heterocycles. The van der Waals surface area contributed by atoms with Gasteiger partial charge >= 0.3 is 0 Å². The van der Waals surface area contributed by atoms with Crippen LogP contribution >= 0.6 is 20.7 Å². The fourth-order valence-corrected chi connectivity index (χ4v) is 1.37. The van der Waals surface area contributed by atoms with Gasteiger partial charge < -0.3 is 11.5 Å². The molecule has 0 amide bonds. The van der Waals surface area contributed by atoms with E-state index in [9.17, 15) is 0 Å². The lowest BCUT2D eigenvalue weighted by atomic mass is 10.3. The molecule has 0 aliphatic heterocycles. The summed E-state index contributed by atoms with van der Waals surface area (Å²) in [6.07, 6.45) is 0. The van der Waals surface area contributed by atoms with Crippen molar-refractivity contribution in [3.8, 4) is 0 Å². The Hall–Kier alpha value is 0.520. The van der Waals surface area contributed by atoms with Gasteiger partial charge in [0.1, 0.15) is 0 Å². The van der Waals surface area contributed by atoms with Crippen LogP contribution < -0.4 is 11.5 Å². The normalized spacial score (nSPS) is 11.9. The maximum absolute atomic E-state index is 5.41. The highest BCUT2D eigenvalue weighted by Gasteiger charge is 2.06. The van der Waals surface area contributed by atoms with Crippen LogP contribution in [0.15, 0.2) is 0 Å². The second-order valence-corrected chi connectivity index (χ2v) is 3.67. The molecule has 0 aliphatic rings. The summed E-state index contributed by atoms with van der Waals surface area (Å²) >= 11 is 0.0176. The first-order valence-electron chi connectivity index (χ1n) is 1.97. The predicted molar refractivity (Wildman–Crippen MR) is 42.8 cm³/mol. The van der Waals surface area contributed by atoms with E-state index in [4.69, 9.17) is 11.5 Å². The van der Waals surface area contributed by atoms with Gasteiger partial charge in [-0.05, 0) is 6.92 Å². The maximum atomic E-state index is 5.41. The van der Waals surface area contributed by atoms with Gasteiger partial charge in [-0.15, -0.1) is 20.7 Å². The van der Waals surface area contributed by atoms with Gasteiger partial charge in [-0.25, -0.2) is 0 Å². The molecule has 0 aromatic rings. The first-order chi connectivity index (χ1) is 3.06. The molecule has 0 spiro atoms. The summed E-state index contributed by atoms with van der Waals surface area (Å²) in [4.78, 5) is 0. The van der Waals surface area contributed by atoms with Crippen molar-refractivity contribution in [1.29, 1.82) is 0 Å². The first-order valence-corrected chi connectivity index (χ1v) is 5.02. The summed E-state index contributed by atoms with van der Waals surface area (Å²) in [6, 6.07) is 0. The van der Waals surface area contributed by atoms with Crippen LogP contribution in [0.4, 0.5) is 0 Å². The molecule has 0 aromatic heterocycles. The van der Waals surface area contributed by atoms with Gasteiger partial charge in [-0.2, -0.15) is 0 Å². The number of hydrogen-bond acceptors (Lipinski definition) is 2. The lowest BCUT2D eigenvalue weighted by molar-refractivity contribution is 0.566. The van der Waals surface area contributed by atoms with E-state index in [1.165, 1.54) is 0 Å². The van der Waals surface area contributed by atoms with E-state index in [1.54, 1.807) is 0 Å². The van der Waals surface area contributed by atoms with Crippen LogP contribution in [0.1, 0.15) is 6.92 Å². The third-order valence-corrected chi connectivity index (χ3v) is 2.57. The number of rotatable bonds is 2. The average molecular weight is 214 g/mol. The lowest BCUT2D eigenvalue weighted by Crippen LogP contribution is -2.47. The smallest absolute Gasteiger partial charge is 0.0695 e. The molecular formula is C4H11IN2. The van der Waals surface area contributed by atoms with E-state index >= 15 is 0 Å². The standard InChI is InChI=1S/C4H11IN2/c1-4(6,7)3-5-2/h2-3,6-7H2,1H3. The van der Waals surface area contributed by atoms with Crippen LogP contribution in [0.3, 0.4) is 0 Å². The second kappa shape index (κ2) is 2.74. The van der Waals surface area contributed by atoms with E-state index in [-0.39, 0.29) is 20.7 Å². The molecule has 0 rings (SSSR count). The van der Waals surface area contributed by atoms with Crippen LogP contribution in [0.2, 0.25) is 0 Å². The summed E-state index contributed by atoms with van der Waals surface area (Å²) in [6.45, 7) is 1.82. The lowest BCUT2D eigenvalue weighted by Gasteiger charge is -2.13. The van der Waals surface area contributed by atoms with Crippen molar-refractivity contribution in [1.82, 2.24) is 0 Å².